The molecule has 0 spiro atoms. The van der Waals surface area contributed by atoms with Crippen molar-refractivity contribution in [1.29, 1.82) is 0 Å². The van der Waals surface area contributed by atoms with Gasteiger partial charge in [0.05, 0.1) is 18.2 Å². The summed E-state index contributed by atoms with van der Waals surface area (Å²) in [5, 5.41) is 0. The van der Waals surface area contributed by atoms with Gasteiger partial charge in [-0.3, -0.25) is 0 Å². The van der Waals surface area contributed by atoms with E-state index in [-0.39, 0.29) is 17.9 Å². The highest BCUT2D eigenvalue weighted by Crippen LogP contribution is 2.17. The van der Waals surface area contributed by atoms with Crippen LogP contribution in [0.3, 0.4) is 0 Å². The van der Waals surface area contributed by atoms with Crippen molar-refractivity contribution >= 4 is 11.7 Å². The van der Waals surface area contributed by atoms with Gasteiger partial charge in [-0.1, -0.05) is 0 Å². The Balaban J connectivity index is 2.09. The molecule has 0 amide bonds. The van der Waals surface area contributed by atoms with Crippen LogP contribution in [0.5, 0.6) is 5.88 Å². The maximum atomic E-state index is 13.6. The lowest BCUT2D eigenvalue weighted by molar-refractivity contribution is 0.0464. The fourth-order valence-electron chi connectivity index (χ4n) is 1.64. The predicted octanol–water partition coefficient (Wildman–Crippen LogP) is 2.17. The molecule has 0 radical (unpaired) electrons. The SMILES string of the molecule is COc1ncccc1COC(=O)c1ccc(N)cc1F. The molecule has 104 valence electrons. The summed E-state index contributed by atoms with van der Waals surface area (Å²) >= 11 is 0. The third-order valence-corrected chi connectivity index (χ3v) is 2.62. The second-order valence-corrected chi connectivity index (χ2v) is 3.99. The van der Waals surface area contributed by atoms with Crippen molar-refractivity contribution in [1.82, 2.24) is 4.98 Å². The van der Waals surface area contributed by atoms with Crippen molar-refractivity contribution in [2.24, 2.45) is 0 Å². The van der Waals surface area contributed by atoms with Crippen molar-refractivity contribution in [3.8, 4) is 5.88 Å². The van der Waals surface area contributed by atoms with E-state index < -0.39 is 11.8 Å². The Bertz CT molecular complexity index is 632. The third kappa shape index (κ3) is 3.03. The second kappa shape index (κ2) is 6.01. The Labute approximate surface area is 115 Å². The number of aromatic nitrogens is 1. The Morgan fingerprint density at radius 3 is 2.90 bits per heavy atom. The lowest BCUT2D eigenvalue weighted by atomic mass is 10.2. The first kappa shape index (κ1) is 13.8. The number of nitrogens with zero attached hydrogens (tertiary/aromatic N) is 1. The number of ether oxygens (including phenoxy) is 2. The Hall–Kier alpha value is -2.63. The number of carbonyl (C=O) groups is 1. The molecule has 0 aliphatic heterocycles. The molecule has 0 atom stereocenters. The zero-order chi connectivity index (χ0) is 14.5. The smallest absolute Gasteiger partial charge is 0.341 e. The molecule has 0 fully saturated rings. The zero-order valence-electron chi connectivity index (χ0n) is 10.8. The van der Waals surface area contributed by atoms with Crippen LogP contribution < -0.4 is 10.5 Å². The number of hydrogen-bond donors (Lipinski definition) is 1. The minimum Gasteiger partial charge on any atom is -0.481 e. The summed E-state index contributed by atoms with van der Waals surface area (Å²) in [6.45, 7) is -0.0559. The van der Waals surface area contributed by atoms with Gasteiger partial charge < -0.3 is 15.2 Å². The van der Waals surface area contributed by atoms with Crippen molar-refractivity contribution in [2.75, 3.05) is 12.8 Å². The summed E-state index contributed by atoms with van der Waals surface area (Å²) in [5.41, 5.74) is 6.09. The van der Waals surface area contributed by atoms with Gasteiger partial charge in [-0.15, -0.1) is 0 Å². The molecule has 1 heterocycles. The summed E-state index contributed by atoms with van der Waals surface area (Å²) in [4.78, 5) is 15.8. The number of nitrogen functional groups attached to an aromatic ring is 1. The third-order valence-electron chi connectivity index (χ3n) is 2.62. The van der Waals surface area contributed by atoms with Gasteiger partial charge in [0.1, 0.15) is 12.4 Å². The predicted molar refractivity (Wildman–Crippen MR) is 70.7 cm³/mol. The van der Waals surface area contributed by atoms with Gasteiger partial charge in [0, 0.05) is 11.9 Å². The van der Waals surface area contributed by atoms with Crippen LogP contribution in [0.25, 0.3) is 0 Å². The average Bonchev–Trinajstić information content (AvgIpc) is 2.45. The van der Waals surface area contributed by atoms with Crippen LogP contribution in [-0.2, 0) is 11.3 Å². The highest BCUT2D eigenvalue weighted by Gasteiger charge is 2.14. The Morgan fingerprint density at radius 2 is 2.20 bits per heavy atom. The topological polar surface area (TPSA) is 74.4 Å². The average molecular weight is 276 g/mol. The molecule has 1 aromatic carbocycles. The van der Waals surface area contributed by atoms with Crippen LogP contribution >= 0.6 is 0 Å². The van der Waals surface area contributed by atoms with E-state index in [0.29, 0.717) is 11.4 Å². The normalized spacial score (nSPS) is 10.1. The summed E-state index contributed by atoms with van der Waals surface area (Å²) in [5.74, 6) is -1.13. The fourth-order valence-corrected chi connectivity index (χ4v) is 1.64. The van der Waals surface area contributed by atoms with Crippen LogP contribution in [0.1, 0.15) is 15.9 Å². The molecule has 0 aliphatic rings. The fraction of sp³-hybridized carbons (Fsp3) is 0.143. The van der Waals surface area contributed by atoms with Crippen LogP contribution in [-0.4, -0.2) is 18.1 Å². The monoisotopic (exact) mass is 276 g/mol. The van der Waals surface area contributed by atoms with Gasteiger partial charge >= 0.3 is 5.97 Å². The van der Waals surface area contributed by atoms with Crippen LogP contribution in [0.15, 0.2) is 36.5 Å². The van der Waals surface area contributed by atoms with Crippen molar-refractivity contribution in [3.63, 3.8) is 0 Å². The maximum Gasteiger partial charge on any atom is 0.341 e. The number of rotatable bonds is 4. The highest BCUT2D eigenvalue weighted by atomic mass is 19.1. The minimum absolute atomic E-state index is 0.0559. The number of carbonyl (C=O) groups excluding carboxylic acids is 1. The van der Waals surface area contributed by atoms with Gasteiger partial charge in [-0.05, 0) is 30.3 Å². The lowest BCUT2D eigenvalue weighted by Crippen LogP contribution is -2.09. The first-order valence-corrected chi connectivity index (χ1v) is 5.82. The lowest BCUT2D eigenvalue weighted by Gasteiger charge is -2.08. The van der Waals surface area contributed by atoms with Gasteiger partial charge in [0.25, 0.3) is 0 Å². The highest BCUT2D eigenvalue weighted by molar-refractivity contribution is 5.90. The number of anilines is 1. The summed E-state index contributed by atoms with van der Waals surface area (Å²) in [6, 6.07) is 7.19. The van der Waals surface area contributed by atoms with Gasteiger partial charge in [-0.2, -0.15) is 0 Å². The molecule has 2 aromatic rings. The van der Waals surface area contributed by atoms with E-state index >= 15 is 0 Å². The van der Waals surface area contributed by atoms with Crippen molar-refractivity contribution in [2.45, 2.75) is 6.61 Å². The number of benzene rings is 1. The molecule has 0 saturated carbocycles. The van der Waals surface area contributed by atoms with E-state index in [1.807, 2.05) is 0 Å². The van der Waals surface area contributed by atoms with E-state index in [2.05, 4.69) is 4.98 Å². The van der Waals surface area contributed by atoms with E-state index in [0.717, 1.165) is 6.07 Å². The number of hydrogen-bond acceptors (Lipinski definition) is 5. The molecule has 0 unspecified atom stereocenters. The molecular formula is C14H13FN2O3. The maximum absolute atomic E-state index is 13.6. The number of esters is 1. The summed E-state index contributed by atoms with van der Waals surface area (Å²) in [6.07, 6.45) is 1.56. The molecular weight excluding hydrogens is 263 g/mol. The van der Waals surface area contributed by atoms with E-state index in [1.54, 1.807) is 18.3 Å². The standard InChI is InChI=1S/C14H13FN2O3/c1-19-13-9(3-2-6-17-13)8-20-14(18)11-5-4-10(16)7-12(11)15/h2-7H,8,16H2,1H3. The first-order chi connectivity index (χ1) is 9.61. The first-order valence-electron chi connectivity index (χ1n) is 5.82. The molecule has 1 aromatic heterocycles. The quantitative estimate of drug-likeness (QED) is 0.684. The molecule has 2 rings (SSSR count). The van der Waals surface area contributed by atoms with Crippen LogP contribution in [0.2, 0.25) is 0 Å². The Kier molecular flexibility index (Phi) is 4.14. The molecule has 0 bridgehead atoms. The summed E-state index contributed by atoms with van der Waals surface area (Å²) < 4.78 is 23.6. The van der Waals surface area contributed by atoms with Crippen LogP contribution in [0, 0.1) is 5.82 Å². The van der Waals surface area contributed by atoms with Gasteiger partial charge in [0.15, 0.2) is 0 Å². The number of halogens is 1. The second-order valence-electron chi connectivity index (χ2n) is 3.99. The van der Waals surface area contributed by atoms with Gasteiger partial charge in [0.2, 0.25) is 5.88 Å². The zero-order valence-corrected chi connectivity index (χ0v) is 10.8. The number of pyridine rings is 1. The van der Waals surface area contributed by atoms with E-state index in [1.165, 1.54) is 19.2 Å². The number of nitrogens with two attached hydrogens (primary N) is 1. The Morgan fingerprint density at radius 1 is 1.40 bits per heavy atom. The molecule has 0 saturated heterocycles. The van der Waals surface area contributed by atoms with E-state index in [4.69, 9.17) is 15.2 Å². The molecule has 5 nitrogen and oxygen atoms in total. The minimum atomic E-state index is -0.770. The largest absolute Gasteiger partial charge is 0.481 e. The molecule has 0 aliphatic carbocycles. The van der Waals surface area contributed by atoms with Crippen molar-refractivity contribution < 1.29 is 18.7 Å². The summed E-state index contributed by atoms with van der Waals surface area (Å²) in [7, 11) is 1.47. The molecule has 20 heavy (non-hydrogen) atoms. The molecule has 6 heteroatoms. The van der Waals surface area contributed by atoms with Crippen molar-refractivity contribution in [3.05, 3.63) is 53.5 Å². The number of methoxy groups -OCH3 is 1. The van der Waals surface area contributed by atoms with E-state index in [9.17, 15) is 9.18 Å². The van der Waals surface area contributed by atoms with Crippen LogP contribution in [0.4, 0.5) is 10.1 Å². The molecule has 2 N–H and O–H groups in total. The van der Waals surface area contributed by atoms with Gasteiger partial charge in [-0.25, -0.2) is 14.2 Å².